The summed E-state index contributed by atoms with van der Waals surface area (Å²) in [6.07, 6.45) is 1.47. The van der Waals surface area contributed by atoms with Gasteiger partial charge in [-0.15, -0.1) is 0 Å². The highest BCUT2D eigenvalue weighted by atomic mass is 16.2. The van der Waals surface area contributed by atoms with Crippen molar-refractivity contribution in [2.24, 2.45) is 0 Å². The van der Waals surface area contributed by atoms with Crippen LogP contribution in [0.3, 0.4) is 0 Å². The van der Waals surface area contributed by atoms with Crippen molar-refractivity contribution >= 4 is 11.8 Å². The van der Waals surface area contributed by atoms with E-state index in [0.29, 0.717) is 6.42 Å². The molecule has 0 bridgehead atoms. The zero-order valence-corrected chi connectivity index (χ0v) is 8.69. The van der Waals surface area contributed by atoms with Crippen LogP contribution < -0.4 is 0 Å². The molecule has 2 amide bonds. The van der Waals surface area contributed by atoms with E-state index in [1.54, 1.807) is 6.92 Å². The van der Waals surface area contributed by atoms with Crippen molar-refractivity contribution in [3.63, 3.8) is 0 Å². The van der Waals surface area contributed by atoms with Gasteiger partial charge in [0.15, 0.2) is 0 Å². The molecule has 2 fully saturated rings. The van der Waals surface area contributed by atoms with Crippen LogP contribution >= 0.6 is 0 Å². The monoisotopic (exact) mass is 196 g/mol. The largest absolute Gasteiger partial charge is 0.338 e. The van der Waals surface area contributed by atoms with E-state index in [1.807, 2.05) is 16.7 Å². The highest BCUT2D eigenvalue weighted by Crippen LogP contribution is 2.31. The second-order valence-electron chi connectivity index (χ2n) is 4.02. The summed E-state index contributed by atoms with van der Waals surface area (Å²) in [5.41, 5.74) is 0. The van der Waals surface area contributed by atoms with Crippen LogP contribution in [0.5, 0.6) is 0 Å². The van der Waals surface area contributed by atoms with Crippen LogP contribution in [0.15, 0.2) is 0 Å². The Bertz CT molecular complexity index is 277. The number of likely N-dealkylation sites (N-methyl/N-ethyl adjacent to an activating group) is 1. The first-order chi connectivity index (χ1) is 6.65. The number of carbonyl (C=O) groups is 2. The van der Waals surface area contributed by atoms with E-state index in [0.717, 1.165) is 19.5 Å². The normalized spacial score (nSPS) is 31.1. The first-order valence-electron chi connectivity index (χ1n) is 5.21. The Morgan fingerprint density at radius 2 is 2.21 bits per heavy atom. The summed E-state index contributed by atoms with van der Waals surface area (Å²) in [5.74, 6) is 0.303. The average molecular weight is 196 g/mol. The van der Waals surface area contributed by atoms with Gasteiger partial charge in [0.05, 0.1) is 12.1 Å². The topological polar surface area (TPSA) is 40.6 Å². The first kappa shape index (κ1) is 9.49. The van der Waals surface area contributed by atoms with Crippen molar-refractivity contribution < 1.29 is 9.59 Å². The summed E-state index contributed by atoms with van der Waals surface area (Å²) in [5, 5.41) is 0. The molecule has 2 saturated heterocycles. The van der Waals surface area contributed by atoms with Gasteiger partial charge in [0.25, 0.3) is 0 Å². The number of hydrogen-bond acceptors (Lipinski definition) is 2. The highest BCUT2D eigenvalue weighted by molar-refractivity contribution is 5.82. The summed E-state index contributed by atoms with van der Waals surface area (Å²) in [6, 6.07) is 0.441. The van der Waals surface area contributed by atoms with Gasteiger partial charge in [-0.1, -0.05) is 0 Å². The minimum atomic E-state index is 0.100. The molecule has 0 radical (unpaired) electrons. The van der Waals surface area contributed by atoms with Gasteiger partial charge >= 0.3 is 0 Å². The maximum Gasteiger partial charge on any atom is 0.225 e. The third-order valence-corrected chi connectivity index (χ3v) is 3.36. The van der Waals surface area contributed by atoms with Crippen LogP contribution in [0.25, 0.3) is 0 Å². The molecule has 14 heavy (non-hydrogen) atoms. The Hall–Kier alpha value is -1.06. The average Bonchev–Trinajstić information content (AvgIpc) is 2.61. The molecule has 2 aliphatic heterocycles. The first-order valence-corrected chi connectivity index (χ1v) is 5.21. The second-order valence-corrected chi connectivity index (χ2v) is 4.02. The third kappa shape index (κ3) is 1.21. The quantitative estimate of drug-likeness (QED) is 0.602. The maximum atomic E-state index is 11.6. The number of nitrogens with zero attached hydrogens (tertiary/aromatic N) is 2. The molecule has 2 atom stereocenters. The molecule has 0 aromatic rings. The molecule has 78 valence electrons. The van der Waals surface area contributed by atoms with Crippen molar-refractivity contribution in [1.29, 1.82) is 0 Å². The smallest absolute Gasteiger partial charge is 0.225 e. The lowest BCUT2D eigenvalue weighted by atomic mass is 10.1. The van der Waals surface area contributed by atoms with Crippen LogP contribution in [0.1, 0.15) is 26.7 Å². The summed E-state index contributed by atoms with van der Waals surface area (Å²) >= 11 is 0. The van der Waals surface area contributed by atoms with Crippen molar-refractivity contribution in [2.45, 2.75) is 38.8 Å². The van der Waals surface area contributed by atoms with Gasteiger partial charge in [-0.2, -0.15) is 0 Å². The molecule has 0 aromatic carbocycles. The third-order valence-electron chi connectivity index (χ3n) is 3.36. The molecule has 0 saturated carbocycles. The number of amides is 2. The van der Waals surface area contributed by atoms with Gasteiger partial charge in [-0.05, 0) is 13.3 Å². The van der Waals surface area contributed by atoms with Gasteiger partial charge in [0, 0.05) is 26.4 Å². The Morgan fingerprint density at radius 1 is 1.50 bits per heavy atom. The zero-order valence-electron chi connectivity index (χ0n) is 8.69. The van der Waals surface area contributed by atoms with Gasteiger partial charge in [-0.3, -0.25) is 9.59 Å². The highest BCUT2D eigenvalue weighted by Gasteiger charge is 2.46. The van der Waals surface area contributed by atoms with Crippen LogP contribution in [0, 0.1) is 0 Å². The van der Waals surface area contributed by atoms with E-state index in [2.05, 4.69) is 0 Å². The molecule has 0 N–H and O–H groups in total. The fourth-order valence-electron chi connectivity index (χ4n) is 2.73. The lowest BCUT2D eigenvalue weighted by Crippen LogP contribution is -2.38. The van der Waals surface area contributed by atoms with Gasteiger partial charge in [0.2, 0.25) is 11.8 Å². The van der Waals surface area contributed by atoms with Crippen molar-refractivity contribution in [3.8, 4) is 0 Å². The molecule has 2 aliphatic rings. The molecule has 0 spiro atoms. The van der Waals surface area contributed by atoms with E-state index in [1.165, 1.54) is 0 Å². The number of likely N-dealkylation sites (tertiary alicyclic amines) is 2. The van der Waals surface area contributed by atoms with E-state index in [4.69, 9.17) is 0 Å². The van der Waals surface area contributed by atoms with Crippen molar-refractivity contribution in [1.82, 2.24) is 9.80 Å². The molecule has 0 aliphatic carbocycles. The molecular formula is C10H16N2O2. The maximum absolute atomic E-state index is 11.6. The predicted octanol–water partition coefficient (Wildman–Crippen LogP) is 0.228. The summed E-state index contributed by atoms with van der Waals surface area (Å²) < 4.78 is 0. The summed E-state index contributed by atoms with van der Waals surface area (Å²) in [4.78, 5) is 26.6. The molecule has 2 unspecified atom stereocenters. The molecule has 4 heteroatoms. The second kappa shape index (κ2) is 3.26. The van der Waals surface area contributed by atoms with Crippen LogP contribution in [0.2, 0.25) is 0 Å². The molecule has 2 heterocycles. The molecule has 0 aromatic heterocycles. The number of hydrogen-bond donors (Lipinski definition) is 0. The van der Waals surface area contributed by atoms with Gasteiger partial charge in [0.1, 0.15) is 0 Å². The van der Waals surface area contributed by atoms with E-state index < -0.39 is 0 Å². The standard InChI is InChI=1S/C10H16N2O2/c1-3-11-8-4-5-12(7(2)13)9(8)6-10(11)14/h8-9H,3-6H2,1-2H3. The van der Waals surface area contributed by atoms with Crippen LogP contribution in [0.4, 0.5) is 0 Å². The van der Waals surface area contributed by atoms with Crippen LogP contribution in [-0.2, 0) is 9.59 Å². The Kier molecular flexibility index (Phi) is 2.21. The SMILES string of the molecule is CCN1C(=O)CC2C1CCN2C(C)=O. The minimum absolute atomic E-state index is 0.100. The molecule has 4 nitrogen and oxygen atoms in total. The number of carbonyl (C=O) groups excluding carboxylic acids is 2. The lowest BCUT2D eigenvalue weighted by Gasteiger charge is -2.23. The fourth-order valence-corrected chi connectivity index (χ4v) is 2.73. The van der Waals surface area contributed by atoms with Crippen molar-refractivity contribution in [3.05, 3.63) is 0 Å². The number of rotatable bonds is 1. The Balaban J connectivity index is 2.16. The number of fused-ring (bicyclic) bond motifs is 1. The zero-order chi connectivity index (χ0) is 10.3. The van der Waals surface area contributed by atoms with Crippen LogP contribution in [-0.4, -0.2) is 46.8 Å². The van der Waals surface area contributed by atoms with Gasteiger partial charge < -0.3 is 9.80 Å². The van der Waals surface area contributed by atoms with E-state index >= 15 is 0 Å². The molecular weight excluding hydrogens is 180 g/mol. The predicted molar refractivity (Wildman–Crippen MR) is 51.6 cm³/mol. The van der Waals surface area contributed by atoms with E-state index in [9.17, 15) is 9.59 Å². The molecule has 2 rings (SSSR count). The Labute approximate surface area is 83.9 Å². The Morgan fingerprint density at radius 3 is 2.79 bits per heavy atom. The van der Waals surface area contributed by atoms with E-state index in [-0.39, 0.29) is 23.9 Å². The minimum Gasteiger partial charge on any atom is -0.338 e. The summed E-state index contributed by atoms with van der Waals surface area (Å²) in [7, 11) is 0. The van der Waals surface area contributed by atoms with Crippen molar-refractivity contribution in [2.75, 3.05) is 13.1 Å². The lowest BCUT2D eigenvalue weighted by molar-refractivity contribution is -0.130. The van der Waals surface area contributed by atoms with Gasteiger partial charge in [-0.25, -0.2) is 0 Å². The fraction of sp³-hybridized carbons (Fsp3) is 0.800. The summed E-state index contributed by atoms with van der Waals surface area (Å²) in [6.45, 7) is 5.17.